The van der Waals surface area contributed by atoms with Crippen molar-refractivity contribution >= 4 is 5.78 Å². The highest BCUT2D eigenvalue weighted by molar-refractivity contribution is 5.85. The smallest absolute Gasteiger partial charge is 0.165 e. The summed E-state index contributed by atoms with van der Waals surface area (Å²) in [5.74, 6) is -0.282. The SMILES string of the molecule is CC(=O)[C@](C)(O)c1cccnc1. The molecule has 0 aromatic carbocycles. The van der Waals surface area contributed by atoms with Gasteiger partial charge in [-0.3, -0.25) is 9.78 Å². The summed E-state index contributed by atoms with van der Waals surface area (Å²) in [6.07, 6.45) is 3.08. The van der Waals surface area contributed by atoms with Crippen molar-refractivity contribution in [3.63, 3.8) is 0 Å². The molecule has 1 heterocycles. The summed E-state index contributed by atoms with van der Waals surface area (Å²) in [6, 6.07) is 3.36. The van der Waals surface area contributed by atoms with Crippen LogP contribution in [0.25, 0.3) is 0 Å². The van der Waals surface area contributed by atoms with Crippen molar-refractivity contribution in [3.8, 4) is 0 Å². The lowest BCUT2D eigenvalue weighted by Crippen LogP contribution is -2.29. The van der Waals surface area contributed by atoms with Crippen molar-refractivity contribution in [3.05, 3.63) is 30.1 Å². The Morgan fingerprint density at radius 3 is 2.75 bits per heavy atom. The molecule has 0 aliphatic carbocycles. The first-order chi connectivity index (χ1) is 5.55. The topological polar surface area (TPSA) is 50.2 Å². The Balaban J connectivity index is 3.06. The fourth-order valence-corrected chi connectivity index (χ4v) is 0.854. The fraction of sp³-hybridized carbons (Fsp3) is 0.333. The molecule has 3 heteroatoms. The first-order valence-electron chi connectivity index (χ1n) is 3.69. The van der Waals surface area contributed by atoms with Gasteiger partial charge < -0.3 is 5.11 Å². The average Bonchev–Trinajstić information content (AvgIpc) is 2.06. The van der Waals surface area contributed by atoms with E-state index < -0.39 is 5.60 Å². The van der Waals surface area contributed by atoms with Gasteiger partial charge in [-0.05, 0) is 19.9 Å². The number of pyridine rings is 1. The first-order valence-corrected chi connectivity index (χ1v) is 3.69. The minimum atomic E-state index is -1.41. The lowest BCUT2D eigenvalue weighted by molar-refractivity contribution is -0.134. The van der Waals surface area contributed by atoms with Gasteiger partial charge in [0.05, 0.1) is 0 Å². The molecule has 0 unspecified atom stereocenters. The Kier molecular flexibility index (Phi) is 2.24. The minimum Gasteiger partial charge on any atom is -0.378 e. The molecule has 0 radical (unpaired) electrons. The molecule has 0 saturated carbocycles. The van der Waals surface area contributed by atoms with Crippen LogP contribution in [0.1, 0.15) is 19.4 Å². The van der Waals surface area contributed by atoms with E-state index in [1.165, 1.54) is 20.0 Å². The number of ketones is 1. The number of Topliss-reactive ketones (excluding diaryl/α,β-unsaturated/α-hetero) is 1. The third kappa shape index (κ3) is 1.51. The van der Waals surface area contributed by atoms with E-state index in [1.54, 1.807) is 18.3 Å². The third-order valence-electron chi connectivity index (χ3n) is 1.91. The largest absolute Gasteiger partial charge is 0.378 e. The molecule has 1 N–H and O–H groups in total. The number of aliphatic hydroxyl groups is 1. The fourth-order valence-electron chi connectivity index (χ4n) is 0.854. The van der Waals surface area contributed by atoms with Crippen molar-refractivity contribution in [1.29, 1.82) is 0 Å². The second-order valence-electron chi connectivity index (χ2n) is 2.87. The van der Waals surface area contributed by atoms with Gasteiger partial charge in [-0.25, -0.2) is 0 Å². The van der Waals surface area contributed by atoms with Crippen LogP contribution < -0.4 is 0 Å². The van der Waals surface area contributed by atoms with Crippen molar-refractivity contribution in [1.82, 2.24) is 4.98 Å². The van der Waals surface area contributed by atoms with Crippen LogP contribution in [0.5, 0.6) is 0 Å². The van der Waals surface area contributed by atoms with E-state index in [9.17, 15) is 9.90 Å². The lowest BCUT2D eigenvalue weighted by Gasteiger charge is -2.19. The number of carbonyl (C=O) groups is 1. The van der Waals surface area contributed by atoms with Gasteiger partial charge in [0, 0.05) is 18.0 Å². The maximum atomic E-state index is 11.0. The van der Waals surface area contributed by atoms with E-state index in [2.05, 4.69) is 4.98 Å². The minimum absolute atomic E-state index is 0.282. The molecule has 12 heavy (non-hydrogen) atoms. The monoisotopic (exact) mass is 165 g/mol. The zero-order valence-corrected chi connectivity index (χ0v) is 7.11. The maximum Gasteiger partial charge on any atom is 0.165 e. The van der Waals surface area contributed by atoms with Gasteiger partial charge in [0.25, 0.3) is 0 Å². The second kappa shape index (κ2) is 3.03. The van der Waals surface area contributed by atoms with Crippen LogP contribution in [0, 0.1) is 0 Å². The van der Waals surface area contributed by atoms with Gasteiger partial charge in [0.2, 0.25) is 0 Å². The number of hydrogen-bond acceptors (Lipinski definition) is 3. The van der Waals surface area contributed by atoms with Gasteiger partial charge in [-0.2, -0.15) is 0 Å². The molecule has 0 aliphatic heterocycles. The summed E-state index contributed by atoms with van der Waals surface area (Å²) in [6.45, 7) is 2.82. The summed E-state index contributed by atoms with van der Waals surface area (Å²) in [7, 11) is 0. The summed E-state index contributed by atoms with van der Waals surface area (Å²) in [4.78, 5) is 14.8. The van der Waals surface area contributed by atoms with Crippen LogP contribution in [-0.4, -0.2) is 15.9 Å². The molecule has 1 aromatic rings. The molecule has 0 bridgehead atoms. The highest BCUT2D eigenvalue weighted by atomic mass is 16.3. The maximum absolute atomic E-state index is 11.0. The standard InChI is InChI=1S/C9H11NO2/c1-7(11)9(2,12)8-4-3-5-10-6-8/h3-6,12H,1-2H3/t9-/m0/s1. The normalized spacial score (nSPS) is 15.2. The van der Waals surface area contributed by atoms with E-state index in [4.69, 9.17) is 0 Å². The Morgan fingerprint density at radius 1 is 1.67 bits per heavy atom. The second-order valence-corrected chi connectivity index (χ2v) is 2.87. The van der Waals surface area contributed by atoms with Gasteiger partial charge in [-0.1, -0.05) is 6.07 Å². The van der Waals surface area contributed by atoms with Crippen molar-refractivity contribution in [2.24, 2.45) is 0 Å². The zero-order valence-electron chi connectivity index (χ0n) is 7.11. The first kappa shape index (κ1) is 8.87. The molecule has 0 saturated heterocycles. The Morgan fingerprint density at radius 2 is 2.33 bits per heavy atom. The van der Waals surface area contributed by atoms with Crippen LogP contribution in [0.2, 0.25) is 0 Å². The molecule has 64 valence electrons. The Bertz CT molecular complexity index is 280. The molecule has 1 aromatic heterocycles. The third-order valence-corrected chi connectivity index (χ3v) is 1.91. The van der Waals surface area contributed by atoms with Gasteiger partial charge in [0.1, 0.15) is 5.60 Å². The molecular formula is C9H11NO2. The predicted octanol–water partition coefficient (Wildman–Crippen LogP) is 0.878. The van der Waals surface area contributed by atoms with Crippen molar-refractivity contribution in [2.45, 2.75) is 19.4 Å². The number of carbonyl (C=O) groups excluding carboxylic acids is 1. The van der Waals surface area contributed by atoms with Gasteiger partial charge in [-0.15, -0.1) is 0 Å². The average molecular weight is 165 g/mol. The quantitative estimate of drug-likeness (QED) is 0.707. The van der Waals surface area contributed by atoms with E-state index in [0.29, 0.717) is 5.56 Å². The molecule has 0 amide bonds. The molecule has 1 rings (SSSR count). The number of rotatable bonds is 2. The highest BCUT2D eigenvalue weighted by Gasteiger charge is 2.28. The number of aromatic nitrogens is 1. The summed E-state index contributed by atoms with van der Waals surface area (Å²) < 4.78 is 0. The van der Waals surface area contributed by atoms with E-state index >= 15 is 0 Å². The van der Waals surface area contributed by atoms with E-state index in [-0.39, 0.29) is 5.78 Å². The summed E-state index contributed by atoms with van der Waals surface area (Å²) in [5, 5.41) is 9.67. The number of nitrogens with zero attached hydrogens (tertiary/aromatic N) is 1. The Hall–Kier alpha value is -1.22. The van der Waals surface area contributed by atoms with Gasteiger partial charge >= 0.3 is 0 Å². The molecule has 1 atom stereocenters. The van der Waals surface area contributed by atoms with Crippen LogP contribution in [0.15, 0.2) is 24.5 Å². The Labute approximate surface area is 71.1 Å². The van der Waals surface area contributed by atoms with Crippen LogP contribution >= 0.6 is 0 Å². The van der Waals surface area contributed by atoms with Crippen molar-refractivity contribution in [2.75, 3.05) is 0 Å². The predicted molar refractivity (Wildman–Crippen MR) is 44.5 cm³/mol. The van der Waals surface area contributed by atoms with Crippen molar-refractivity contribution < 1.29 is 9.90 Å². The lowest BCUT2D eigenvalue weighted by atomic mass is 9.94. The molecule has 3 nitrogen and oxygen atoms in total. The molecular weight excluding hydrogens is 154 g/mol. The van der Waals surface area contributed by atoms with Crippen LogP contribution in [-0.2, 0) is 10.4 Å². The van der Waals surface area contributed by atoms with Crippen LogP contribution in [0.4, 0.5) is 0 Å². The number of hydrogen-bond donors (Lipinski definition) is 1. The zero-order chi connectivity index (χ0) is 9.19. The molecule has 0 fully saturated rings. The van der Waals surface area contributed by atoms with Gasteiger partial charge in [0.15, 0.2) is 5.78 Å². The highest BCUT2D eigenvalue weighted by Crippen LogP contribution is 2.19. The summed E-state index contributed by atoms with van der Waals surface area (Å²) in [5.41, 5.74) is -0.883. The van der Waals surface area contributed by atoms with Crippen LogP contribution in [0.3, 0.4) is 0 Å². The summed E-state index contributed by atoms with van der Waals surface area (Å²) >= 11 is 0. The van der Waals surface area contributed by atoms with E-state index in [1.807, 2.05) is 0 Å². The molecule has 0 aliphatic rings. The van der Waals surface area contributed by atoms with E-state index in [0.717, 1.165) is 0 Å². The molecule has 0 spiro atoms.